The fourth-order valence-corrected chi connectivity index (χ4v) is 2.77. The van der Waals surface area contributed by atoms with E-state index in [1.54, 1.807) is 16.7 Å². The molecule has 0 bridgehead atoms. The molecule has 6 heteroatoms. The smallest absolute Gasteiger partial charge is 0.285 e. The quantitative estimate of drug-likeness (QED) is 0.726. The highest BCUT2D eigenvalue weighted by Gasteiger charge is 2.26. The van der Waals surface area contributed by atoms with E-state index in [1.165, 1.54) is 6.26 Å². The molecule has 1 aliphatic heterocycles. The fraction of sp³-hybridized carbons (Fsp3) is 0.188. The van der Waals surface area contributed by atoms with Gasteiger partial charge in [0.1, 0.15) is 0 Å². The number of furan rings is 1. The third-order valence-electron chi connectivity index (χ3n) is 3.88. The lowest BCUT2D eigenvalue weighted by Crippen LogP contribution is -2.23. The van der Waals surface area contributed by atoms with Crippen LogP contribution >= 0.6 is 0 Å². The standard InChI is InChI=1S/C16H14N4O2/c1-11-5-2-3-6-12(11)19-8-9-20-15(21)14(17-18-16(19)20)13-7-4-10-22-13/h2-7,10H,8-9H2,1H3. The summed E-state index contributed by atoms with van der Waals surface area (Å²) in [5.74, 6) is 1.02. The SMILES string of the molecule is Cc1ccccc1N1CCn2c1nnc(-c1ccco1)c2=O. The van der Waals surface area contributed by atoms with Crippen LogP contribution in [0.5, 0.6) is 0 Å². The van der Waals surface area contributed by atoms with Crippen LogP contribution in [-0.4, -0.2) is 21.3 Å². The molecule has 6 nitrogen and oxygen atoms in total. The average molecular weight is 294 g/mol. The van der Waals surface area contributed by atoms with E-state index in [0.717, 1.165) is 11.3 Å². The van der Waals surface area contributed by atoms with Crippen molar-refractivity contribution in [3.8, 4) is 11.5 Å². The van der Waals surface area contributed by atoms with Gasteiger partial charge in [-0.2, -0.15) is 0 Å². The van der Waals surface area contributed by atoms with Gasteiger partial charge >= 0.3 is 0 Å². The molecule has 0 unspecified atom stereocenters. The van der Waals surface area contributed by atoms with Gasteiger partial charge in [0, 0.05) is 18.8 Å². The van der Waals surface area contributed by atoms with E-state index in [-0.39, 0.29) is 11.3 Å². The largest absolute Gasteiger partial charge is 0.462 e. The van der Waals surface area contributed by atoms with Crippen molar-refractivity contribution in [2.24, 2.45) is 0 Å². The Hall–Kier alpha value is -2.89. The predicted molar refractivity (Wildman–Crippen MR) is 82.2 cm³/mol. The van der Waals surface area contributed by atoms with Crippen molar-refractivity contribution in [2.45, 2.75) is 13.5 Å². The molecule has 0 atom stereocenters. The molecule has 0 aliphatic carbocycles. The van der Waals surface area contributed by atoms with Gasteiger partial charge < -0.3 is 9.32 Å². The minimum atomic E-state index is -0.170. The van der Waals surface area contributed by atoms with Crippen LogP contribution < -0.4 is 10.5 Å². The van der Waals surface area contributed by atoms with Crippen LogP contribution in [0.25, 0.3) is 11.5 Å². The van der Waals surface area contributed by atoms with E-state index in [1.807, 2.05) is 36.1 Å². The summed E-state index contributed by atoms with van der Waals surface area (Å²) in [5, 5.41) is 8.33. The molecule has 0 saturated heterocycles. The number of aryl methyl sites for hydroxylation is 1. The lowest BCUT2D eigenvalue weighted by Gasteiger charge is -2.18. The summed E-state index contributed by atoms with van der Waals surface area (Å²) in [7, 11) is 0. The molecule has 0 spiro atoms. The minimum Gasteiger partial charge on any atom is -0.462 e. The van der Waals surface area contributed by atoms with Crippen molar-refractivity contribution in [1.82, 2.24) is 14.8 Å². The summed E-state index contributed by atoms with van der Waals surface area (Å²) in [6.07, 6.45) is 1.52. The van der Waals surface area contributed by atoms with E-state index in [0.29, 0.717) is 24.8 Å². The van der Waals surface area contributed by atoms with Crippen molar-refractivity contribution in [2.75, 3.05) is 11.4 Å². The third kappa shape index (κ3) is 1.84. The molecule has 110 valence electrons. The molecule has 22 heavy (non-hydrogen) atoms. The number of hydrogen-bond donors (Lipinski definition) is 0. The fourth-order valence-electron chi connectivity index (χ4n) is 2.77. The summed E-state index contributed by atoms with van der Waals surface area (Å²) in [4.78, 5) is 14.6. The number of para-hydroxylation sites is 1. The van der Waals surface area contributed by atoms with Gasteiger partial charge in [-0.15, -0.1) is 10.2 Å². The maximum Gasteiger partial charge on any atom is 0.285 e. The minimum absolute atomic E-state index is 0.170. The molecule has 4 rings (SSSR count). The zero-order valence-corrected chi connectivity index (χ0v) is 12.1. The van der Waals surface area contributed by atoms with Crippen LogP contribution in [0, 0.1) is 6.92 Å². The van der Waals surface area contributed by atoms with E-state index < -0.39 is 0 Å². The van der Waals surface area contributed by atoms with Crippen molar-refractivity contribution in [1.29, 1.82) is 0 Å². The van der Waals surface area contributed by atoms with Gasteiger partial charge in [0.15, 0.2) is 11.5 Å². The normalized spacial score (nSPS) is 13.4. The van der Waals surface area contributed by atoms with Crippen molar-refractivity contribution < 1.29 is 4.42 Å². The second-order valence-corrected chi connectivity index (χ2v) is 5.22. The lowest BCUT2D eigenvalue weighted by molar-refractivity contribution is 0.575. The molecule has 0 N–H and O–H groups in total. The van der Waals surface area contributed by atoms with Gasteiger partial charge in [-0.25, -0.2) is 0 Å². The van der Waals surface area contributed by atoms with E-state index >= 15 is 0 Å². The Labute approximate surface area is 126 Å². The zero-order valence-electron chi connectivity index (χ0n) is 12.1. The molecule has 0 amide bonds. The highest BCUT2D eigenvalue weighted by Crippen LogP contribution is 2.29. The van der Waals surface area contributed by atoms with Crippen LogP contribution in [-0.2, 0) is 6.54 Å². The van der Waals surface area contributed by atoms with Gasteiger partial charge in [0.05, 0.1) is 6.26 Å². The number of nitrogens with zero attached hydrogens (tertiary/aromatic N) is 4. The summed E-state index contributed by atoms with van der Waals surface area (Å²) in [6.45, 7) is 3.34. The molecular formula is C16H14N4O2. The Morgan fingerprint density at radius 3 is 2.73 bits per heavy atom. The van der Waals surface area contributed by atoms with E-state index in [4.69, 9.17) is 4.42 Å². The van der Waals surface area contributed by atoms with Crippen LogP contribution in [0.4, 0.5) is 11.6 Å². The van der Waals surface area contributed by atoms with Crippen LogP contribution in [0.2, 0.25) is 0 Å². The van der Waals surface area contributed by atoms with Gasteiger partial charge in [0.2, 0.25) is 5.95 Å². The van der Waals surface area contributed by atoms with Crippen molar-refractivity contribution in [3.05, 3.63) is 58.6 Å². The highest BCUT2D eigenvalue weighted by molar-refractivity contribution is 5.63. The zero-order chi connectivity index (χ0) is 15.1. The molecule has 2 aromatic heterocycles. The molecule has 0 radical (unpaired) electrons. The summed E-state index contributed by atoms with van der Waals surface area (Å²) >= 11 is 0. The van der Waals surface area contributed by atoms with E-state index in [9.17, 15) is 4.79 Å². The van der Waals surface area contributed by atoms with Crippen LogP contribution in [0.3, 0.4) is 0 Å². The van der Waals surface area contributed by atoms with Crippen LogP contribution in [0.15, 0.2) is 51.9 Å². The van der Waals surface area contributed by atoms with Crippen LogP contribution in [0.1, 0.15) is 5.56 Å². The van der Waals surface area contributed by atoms with Crippen molar-refractivity contribution >= 4 is 11.6 Å². The molecule has 0 fully saturated rings. The third-order valence-corrected chi connectivity index (χ3v) is 3.88. The monoisotopic (exact) mass is 294 g/mol. The maximum atomic E-state index is 12.6. The number of anilines is 2. The average Bonchev–Trinajstić information content (AvgIpc) is 3.18. The van der Waals surface area contributed by atoms with Gasteiger partial charge in [-0.05, 0) is 30.7 Å². The first-order chi connectivity index (χ1) is 10.8. The molecule has 1 aromatic carbocycles. The Bertz CT molecular complexity index is 883. The Morgan fingerprint density at radius 2 is 1.95 bits per heavy atom. The molecule has 0 saturated carbocycles. The number of hydrogen-bond acceptors (Lipinski definition) is 5. The van der Waals surface area contributed by atoms with Gasteiger partial charge in [0.25, 0.3) is 5.56 Å². The second-order valence-electron chi connectivity index (χ2n) is 5.22. The molecule has 1 aliphatic rings. The number of rotatable bonds is 2. The summed E-state index contributed by atoms with van der Waals surface area (Å²) in [5.41, 5.74) is 2.27. The van der Waals surface area contributed by atoms with Gasteiger partial charge in [-0.3, -0.25) is 9.36 Å². The molecule has 3 aromatic rings. The molecule has 3 heterocycles. The maximum absolute atomic E-state index is 12.6. The predicted octanol–water partition coefficient (Wildman–Crippen LogP) is 2.36. The second kappa shape index (κ2) is 4.84. The Morgan fingerprint density at radius 1 is 1.09 bits per heavy atom. The topological polar surface area (TPSA) is 64.2 Å². The Balaban J connectivity index is 1.83. The van der Waals surface area contributed by atoms with Gasteiger partial charge in [-0.1, -0.05) is 18.2 Å². The Kier molecular flexibility index (Phi) is 2.82. The van der Waals surface area contributed by atoms with E-state index in [2.05, 4.69) is 10.2 Å². The first-order valence-electron chi connectivity index (χ1n) is 7.10. The molecular weight excluding hydrogens is 280 g/mol. The summed E-state index contributed by atoms with van der Waals surface area (Å²) in [6, 6.07) is 11.5. The number of aromatic nitrogens is 3. The first-order valence-corrected chi connectivity index (χ1v) is 7.10. The summed E-state index contributed by atoms with van der Waals surface area (Å²) < 4.78 is 6.91. The van der Waals surface area contributed by atoms with Crippen molar-refractivity contribution in [3.63, 3.8) is 0 Å². The lowest BCUT2D eigenvalue weighted by atomic mass is 10.2. The number of fused-ring (bicyclic) bond motifs is 1. The highest BCUT2D eigenvalue weighted by atomic mass is 16.3. The first kappa shape index (κ1) is 12.8. The number of benzene rings is 1.